The van der Waals surface area contributed by atoms with E-state index in [0.29, 0.717) is 12.1 Å². The molecule has 2 heteroatoms. The molecule has 2 N–H and O–H groups in total. The largest absolute Gasteiger partial charge is 0.398 e. The fourth-order valence-corrected chi connectivity index (χ4v) is 2.26. The molecule has 0 radical (unpaired) electrons. The monoisotopic (exact) mass is 271 g/mol. The van der Waals surface area contributed by atoms with Gasteiger partial charge in [0.25, 0.3) is 0 Å². The predicted octanol–water partition coefficient (Wildman–Crippen LogP) is 4.60. The average molecular weight is 271 g/mol. The molecule has 0 atom stereocenters. The molecule has 0 amide bonds. The van der Waals surface area contributed by atoms with Crippen LogP contribution in [0, 0.1) is 12.7 Å². The molecular formula is C18H22FN. The summed E-state index contributed by atoms with van der Waals surface area (Å²) in [4.78, 5) is 0. The summed E-state index contributed by atoms with van der Waals surface area (Å²) in [6.45, 7) is 8.66. The van der Waals surface area contributed by atoms with Gasteiger partial charge in [0.15, 0.2) is 0 Å². The number of nitrogen functional groups attached to an aromatic ring is 1. The minimum absolute atomic E-state index is 0.107. The zero-order valence-electron chi connectivity index (χ0n) is 12.6. The Labute approximate surface area is 120 Å². The molecule has 0 aliphatic rings. The molecule has 0 heterocycles. The van der Waals surface area contributed by atoms with E-state index in [-0.39, 0.29) is 11.2 Å². The van der Waals surface area contributed by atoms with E-state index in [1.807, 2.05) is 0 Å². The summed E-state index contributed by atoms with van der Waals surface area (Å²) in [5.74, 6) is -0.237. The summed E-state index contributed by atoms with van der Waals surface area (Å²) in [6, 6.07) is 11.1. The van der Waals surface area contributed by atoms with E-state index in [2.05, 4.69) is 45.9 Å². The Morgan fingerprint density at radius 3 is 2.35 bits per heavy atom. The van der Waals surface area contributed by atoms with Crippen molar-refractivity contribution in [3.63, 3.8) is 0 Å². The molecule has 0 saturated carbocycles. The van der Waals surface area contributed by atoms with Crippen LogP contribution in [0.15, 0.2) is 36.4 Å². The van der Waals surface area contributed by atoms with E-state index in [0.717, 1.165) is 5.56 Å². The van der Waals surface area contributed by atoms with Gasteiger partial charge in [-0.1, -0.05) is 39.0 Å². The molecule has 0 aliphatic heterocycles. The SMILES string of the molecule is Cc1ccc(C(C)(C)C)cc1Cc1cc(F)ccc1N. The van der Waals surface area contributed by atoms with Crippen LogP contribution in [0.25, 0.3) is 0 Å². The lowest BCUT2D eigenvalue weighted by molar-refractivity contribution is 0.589. The standard InChI is InChI=1S/C18H22FN/c1-12-5-6-15(18(2,3)4)10-13(12)9-14-11-16(19)7-8-17(14)20/h5-8,10-11H,9,20H2,1-4H3. The van der Waals surface area contributed by atoms with Crippen molar-refractivity contribution in [3.05, 3.63) is 64.5 Å². The Morgan fingerprint density at radius 2 is 1.70 bits per heavy atom. The fourth-order valence-electron chi connectivity index (χ4n) is 2.26. The highest BCUT2D eigenvalue weighted by Crippen LogP contribution is 2.27. The number of rotatable bonds is 2. The fraction of sp³-hybridized carbons (Fsp3) is 0.333. The summed E-state index contributed by atoms with van der Waals surface area (Å²) >= 11 is 0. The van der Waals surface area contributed by atoms with Gasteiger partial charge in [0.2, 0.25) is 0 Å². The molecule has 2 aromatic carbocycles. The van der Waals surface area contributed by atoms with Gasteiger partial charge in [-0.15, -0.1) is 0 Å². The maximum absolute atomic E-state index is 13.4. The average Bonchev–Trinajstić information content (AvgIpc) is 2.35. The highest BCUT2D eigenvalue weighted by molar-refractivity contribution is 5.50. The van der Waals surface area contributed by atoms with Crippen LogP contribution in [-0.4, -0.2) is 0 Å². The number of aryl methyl sites for hydroxylation is 1. The highest BCUT2D eigenvalue weighted by Gasteiger charge is 2.15. The van der Waals surface area contributed by atoms with Crippen molar-refractivity contribution in [3.8, 4) is 0 Å². The minimum atomic E-state index is -0.237. The summed E-state index contributed by atoms with van der Waals surface area (Å²) in [7, 11) is 0. The molecule has 1 nitrogen and oxygen atoms in total. The molecule has 20 heavy (non-hydrogen) atoms. The maximum atomic E-state index is 13.4. The number of nitrogens with two attached hydrogens (primary N) is 1. The van der Waals surface area contributed by atoms with E-state index in [1.54, 1.807) is 6.07 Å². The first-order valence-electron chi connectivity index (χ1n) is 6.91. The van der Waals surface area contributed by atoms with Crippen molar-refractivity contribution >= 4 is 5.69 Å². The molecular weight excluding hydrogens is 249 g/mol. The van der Waals surface area contributed by atoms with Crippen molar-refractivity contribution in [1.82, 2.24) is 0 Å². The lowest BCUT2D eigenvalue weighted by Crippen LogP contribution is -2.12. The zero-order chi connectivity index (χ0) is 14.9. The Balaban J connectivity index is 2.40. The van der Waals surface area contributed by atoms with Gasteiger partial charge >= 0.3 is 0 Å². The van der Waals surface area contributed by atoms with Gasteiger partial charge < -0.3 is 5.73 Å². The van der Waals surface area contributed by atoms with Gasteiger partial charge in [0.1, 0.15) is 5.82 Å². The Morgan fingerprint density at radius 1 is 1.00 bits per heavy atom. The molecule has 0 saturated heterocycles. The topological polar surface area (TPSA) is 26.0 Å². The van der Waals surface area contributed by atoms with E-state index < -0.39 is 0 Å². The summed E-state index contributed by atoms with van der Waals surface area (Å²) in [6.07, 6.45) is 0.666. The maximum Gasteiger partial charge on any atom is 0.123 e. The third-order valence-electron chi connectivity index (χ3n) is 3.70. The molecule has 0 unspecified atom stereocenters. The molecule has 2 aromatic rings. The van der Waals surface area contributed by atoms with Gasteiger partial charge in [-0.3, -0.25) is 0 Å². The summed E-state index contributed by atoms with van der Waals surface area (Å²) in [5.41, 5.74) is 11.2. The first kappa shape index (κ1) is 14.6. The van der Waals surface area contributed by atoms with Crippen LogP contribution < -0.4 is 5.73 Å². The van der Waals surface area contributed by atoms with Crippen molar-refractivity contribution < 1.29 is 4.39 Å². The molecule has 106 valence electrons. The molecule has 2 rings (SSSR count). The van der Waals surface area contributed by atoms with E-state index in [4.69, 9.17) is 5.73 Å². The number of hydrogen-bond donors (Lipinski definition) is 1. The smallest absolute Gasteiger partial charge is 0.123 e. The Kier molecular flexibility index (Phi) is 3.85. The number of hydrogen-bond acceptors (Lipinski definition) is 1. The van der Waals surface area contributed by atoms with Gasteiger partial charge in [-0.05, 0) is 59.2 Å². The third-order valence-corrected chi connectivity index (χ3v) is 3.70. The van der Waals surface area contributed by atoms with Crippen molar-refractivity contribution in [2.45, 2.75) is 39.5 Å². The lowest BCUT2D eigenvalue weighted by Gasteiger charge is -2.21. The van der Waals surface area contributed by atoms with Crippen molar-refractivity contribution in [2.75, 3.05) is 5.73 Å². The first-order chi connectivity index (χ1) is 9.27. The van der Waals surface area contributed by atoms with Gasteiger partial charge in [0, 0.05) is 5.69 Å². The molecule has 0 aromatic heterocycles. The number of halogens is 1. The van der Waals surface area contributed by atoms with Gasteiger partial charge in [-0.25, -0.2) is 4.39 Å². The minimum Gasteiger partial charge on any atom is -0.398 e. The second-order valence-electron chi connectivity index (χ2n) is 6.41. The van der Waals surface area contributed by atoms with Crippen LogP contribution in [0.1, 0.15) is 43.0 Å². The van der Waals surface area contributed by atoms with Crippen LogP contribution in [0.3, 0.4) is 0 Å². The van der Waals surface area contributed by atoms with E-state index in [9.17, 15) is 4.39 Å². The molecule has 0 bridgehead atoms. The van der Waals surface area contributed by atoms with Crippen molar-refractivity contribution in [1.29, 1.82) is 0 Å². The second kappa shape index (κ2) is 5.28. The quantitative estimate of drug-likeness (QED) is 0.793. The Bertz CT molecular complexity index is 624. The molecule has 0 spiro atoms. The molecule has 0 fully saturated rings. The van der Waals surface area contributed by atoms with E-state index >= 15 is 0 Å². The van der Waals surface area contributed by atoms with E-state index in [1.165, 1.54) is 28.8 Å². The van der Waals surface area contributed by atoms with Gasteiger partial charge in [-0.2, -0.15) is 0 Å². The van der Waals surface area contributed by atoms with Crippen LogP contribution in [-0.2, 0) is 11.8 Å². The Hall–Kier alpha value is -1.83. The van der Waals surface area contributed by atoms with Crippen LogP contribution >= 0.6 is 0 Å². The lowest BCUT2D eigenvalue weighted by atomic mass is 9.84. The first-order valence-corrected chi connectivity index (χ1v) is 6.91. The van der Waals surface area contributed by atoms with Gasteiger partial charge in [0.05, 0.1) is 0 Å². The summed E-state index contributed by atoms with van der Waals surface area (Å²) in [5, 5.41) is 0. The van der Waals surface area contributed by atoms with Crippen molar-refractivity contribution in [2.24, 2.45) is 0 Å². The normalized spacial score (nSPS) is 11.7. The number of anilines is 1. The molecule has 0 aliphatic carbocycles. The van der Waals surface area contributed by atoms with Crippen LogP contribution in [0.5, 0.6) is 0 Å². The highest BCUT2D eigenvalue weighted by atomic mass is 19.1. The number of benzene rings is 2. The predicted molar refractivity (Wildman–Crippen MR) is 83.5 cm³/mol. The van der Waals surface area contributed by atoms with Crippen LogP contribution in [0.2, 0.25) is 0 Å². The third kappa shape index (κ3) is 3.19. The second-order valence-corrected chi connectivity index (χ2v) is 6.41. The van der Waals surface area contributed by atoms with Crippen LogP contribution in [0.4, 0.5) is 10.1 Å². The zero-order valence-corrected chi connectivity index (χ0v) is 12.6. The summed E-state index contributed by atoms with van der Waals surface area (Å²) < 4.78 is 13.4.